The predicted octanol–water partition coefficient (Wildman–Crippen LogP) is 5.46. The molecule has 3 aromatic heterocycles. The molecule has 4 heterocycles. The van der Waals surface area contributed by atoms with Gasteiger partial charge in [-0.3, -0.25) is 4.79 Å². The van der Waals surface area contributed by atoms with Gasteiger partial charge in [0.1, 0.15) is 11.3 Å². The minimum absolute atomic E-state index is 0.0423. The van der Waals surface area contributed by atoms with Gasteiger partial charge in [-0.25, -0.2) is 9.50 Å². The predicted molar refractivity (Wildman–Crippen MR) is 117 cm³/mol. The zero-order valence-corrected chi connectivity index (χ0v) is 18.4. The minimum atomic E-state index is -4.70. The van der Waals surface area contributed by atoms with E-state index >= 15 is 0 Å². The van der Waals surface area contributed by atoms with Gasteiger partial charge in [0, 0.05) is 17.0 Å². The highest BCUT2D eigenvalue weighted by Gasteiger charge is 2.38. The molecule has 1 fully saturated rings. The van der Waals surface area contributed by atoms with Crippen LogP contribution in [0.5, 0.6) is 5.75 Å². The molecule has 170 valence electrons. The summed E-state index contributed by atoms with van der Waals surface area (Å²) in [7, 11) is 1.44. The van der Waals surface area contributed by atoms with E-state index in [9.17, 15) is 18.0 Å². The highest BCUT2D eigenvalue weighted by molar-refractivity contribution is 7.10. The largest absolute Gasteiger partial charge is 0.496 e. The van der Waals surface area contributed by atoms with Crippen molar-refractivity contribution in [1.82, 2.24) is 19.5 Å². The van der Waals surface area contributed by atoms with Crippen molar-refractivity contribution in [2.45, 2.75) is 25.1 Å². The van der Waals surface area contributed by atoms with Crippen LogP contribution < -0.4 is 4.74 Å². The number of ether oxygens (including phenoxy) is 1. The van der Waals surface area contributed by atoms with E-state index in [-0.39, 0.29) is 28.9 Å². The van der Waals surface area contributed by atoms with Gasteiger partial charge in [0.25, 0.3) is 5.91 Å². The molecular formula is C23H19F3N4O2S. The lowest BCUT2D eigenvalue weighted by atomic mass is 10.1. The fourth-order valence-corrected chi connectivity index (χ4v) is 5.12. The first-order chi connectivity index (χ1) is 15.9. The van der Waals surface area contributed by atoms with Gasteiger partial charge < -0.3 is 9.64 Å². The SMILES string of the molecule is COc1ccccc1-c1cc(C(F)(F)F)n2ncc(C(=O)N3CCCC3c3cccs3)c2n1. The molecule has 0 radical (unpaired) electrons. The quantitative estimate of drug-likeness (QED) is 0.396. The molecule has 6 nitrogen and oxygen atoms in total. The number of carbonyl (C=O) groups is 1. The van der Waals surface area contributed by atoms with Crippen molar-refractivity contribution in [2.24, 2.45) is 0 Å². The van der Waals surface area contributed by atoms with E-state index in [1.807, 2.05) is 17.5 Å². The first-order valence-corrected chi connectivity index (χ1v) is 11.2. The average Bonchev–Trinajstić information content (AvgIpc) is 3.57. The van der Waals surface area contributed by atoms with Gasteiger partial charge in [-0.2, -0.15) is 18.3 Å². The van der Waals surface area contributed by atoms with Gasteiger partial charge in [0.2, 0.25) is 0 Å². The summed E-state index contributed by atoms with van der Waals surface area (Å²) >= 11 is 1.56. The molecule has 0 saturated carbocycles. The van der Waals surface area contributed by atoms with E-state index in [1.54, 1.807) is 40.5 Å². The molecule has 0 bridgehead atoms. The number of aromatic nitrogens is 3. The summed E-state index contributed by atoms with van der Waals surface area (Å²) in [4.78, 5) is 20.7. The van der Waals surface area contributed by atoms with Gasteiger partial charge in [-0.15, -0.1) is 11.3 Å². The summed E-state index contributed by atoms with van der Waals surface area (Å²) in [6.07, 6.45) is -1.90. The van der Waals surface area contributed by atoms with Gasteiger partial charge in [0.15, 0.2) is 11.3 Å². The monoisotopic (exact) mass is 472 g/mol. The second kappa shape index (κ2) is 8.18. The van der Waals surface area contributed by atoms with Crippen molar-refractivity contribution in [2.75, 3.05) is 13.7 Å². The normalized spacial score (nSPS) is 16.5. The Balaban J connectivity index is 1.66. The molecule has 0 aliphatic carbocycles. The van der Waals surface area contributed by atoms with Crippen LogP contribution >= 0.6 is 11.3 Å². The van der Waals surface area contributed by atoms with Crippen LogP contribution in [0.4, 0.5) is 13.2 Å². The summed E-state index contributed by atoms with van der Waals surface area (Å²) < 4.78 is 47.8. The third kappa shape index (κ3) is 3.74. The fourth-order valence-electron chi connectivity index (χ4n) is 4.25. The first-order valence-electron chi connectivity index (χ1n) is 10.3. The van der Waals surface area contributed by atoms with E-state index in [0.29, 0.717) is 22.4 Å². The van der Waals surface area contributed by atoms with Crippen molar-refractivity contribution in [3.8, 4) is 17.0 Å². The summed E-state index contributed by atoms with van der Waals surface area (Å²) in [6.45, 7) is 0.525. The third-order valence-corrected chi connectivity index (χ3v) is 6.73. The average molecular weight is 472 g/mol. The van der Waals surface area contributed by atoms with Gasteiger partial charge in [0.05, 0.1) is 25.0 Å². The van der Waals surface area contributed by atoms with Crippen LogP contribution in [-0.2, 0) is 6.18 Å². The lowest BCUT2D eigenvalue weighted by Gasteiger charge is -2.23. The Bertz CT molecular complexity index is 1320. The molecule has 0 spiro atoms. The Morgan fingerprint density at radius 3 is 2.76 bits per heavy atom. The number of fused-ring (bicyclic) bond motifs is 1. The molecule has 1 unspecified atom stereocenters. The maximum absolute atomic E-state index is 13.9. The molecule has 1 saturated heterocycles. The first kappa shape index (κ1) is 21.4. The zero-order chi connectivity index (χ0) is 23.2. The van der Waals surface area contributed by atoms with Crippen LogP contribution in [0, 0.1) is 0 Å². The number of amides is 1. The number of methoxy groups -OCH3 is 1. The van der Waals surface area contributed by atoms with Crippen LogP contribution in [0.1, 0.15) is 39.8 Å². The molecule has 5 rings (SSSR count). The fraction of sp³-hybridized carbons (Fsp3) is 0.261. The maximum atomic E-state index is 13.9. The van der Waals surface area contributed by atoms with E-state index in [4.69, 9.17) is 4.74 Å². The maximum Gasteiger partial charge on any atom is 0.433 e. The van der Waals surface area contributed by atoms with Crippen LogP contribution in [0.2, 0.25) is 0 Å². The molecule has 1 amide bonds. The Morgan fingerprint density at radius 2 is 2.03 bits per heavy atom. The van der Waals surface area contributed by atoms with Crippen LogP contribution in [0.15, 0.2) is 54.0 Å². The molecule has 1 aliphatic heterocycles. The van der Waals surface area contributed by atoms with E-state index in [0.717, 1.165) is 23.8 Å². The van der Waals surface area contributed by atoms with Crippen molar-refractivity contribution < 1.29 is 22.7 Å². The second-order valence-electron chi connectivity index (χ2n) is 7.69. The van der Waals surface area contributed by atoms with E-state index in [1.165, 1.54) is 13.3 Å². The number of hydrogen-bond donors (Lipinski definition) is 0. The molecule has 10 heteroatoms. The smallest absolute Gasteiger partial charge is 0.433 e. The molecule has 1 atom stereocenters. The summed E-state index contributed by atoms with van der Waals surface area (Å²) in [5.74, 6) is 0.00544. The number of halogens is 3. The lowest BCUT2D eigenvalue weighted by Crippen LogP contribution is -2.30. The second-order valence-corrected chi connectivity index (χ2v) is 8.67. The number of benzene rings is 1. The van der Waals surface area contributed by atoms with Gasteiger partial charge in [-0.1, -0.05) is 18.2 Å². The topological polar surface area (TPSA) is 59.7 Å². The minimum Gasteiger partial charge on any atom is -0.496 e. The molecule has 0 N–H and O–H groups in total. The standard InChI is InChI=1S/C23H19F3N4O2S/c1-32-18-8-3-2-6-14(18)16-12-20(23(24,25)26)30-21(28-16)15(13-27-30)22(31)29-10-4-7-17(29)19-9-5-11-33-19/h2-3,5-6,8-9,11-13,17H,4,7,10H2,1H3. The number of alkyl halides is 3. The number of thiophene rings is 1. The van der Waals surface area contributed by atoms with Crippen molar-refractivity contribution in [3.05, 3.63) is 70.2 Å². The van der Waals surface area contributed by atoms with Crippen molar-refractivity contribution >= 4 is 22.9 Å². The summed E-state index contributed by atoms with van der Waals surface area (Å²) in [5, 5.41) is 5.85. The summed E-state index contributed by atoms with van der Waals surface area (Å²) in [5.41, 5.74) is -0.653. The molecule has 1 aromatic carbocycles. The number of carbonyl (C=O) groups excluding carboxylic acids is 1. The lowest BCUT2D eigenvalue weighted by molar-refractivity contribution is -0.142. The van der Waals surface area contributed by atoms with Crippen LogP contribution in [0.25, 0.3) is 16.9 Å². The number of likely N-dealkylation sites (tertiary alicyclic amines) is 1. The highest BCUT2D eigenvalue weighted by Crippen LogP contribution is 2.38. The molecule has 1 aliphatic rings. The van der Waals surface area contributed by atoms with Gasteiger partial charge in [-0.05, 0) is 42.5 Å². The Kier molecular flexibility index (Phi) is 5.32. The van der Waals surface area contributed by atoms with Crippen molar-refractivity contribution in [3.63, 3.8) is 0 Å². The van der Waals surface area contributed by atoms with E-state index < -0.39 is 11.9 Å². The van der Waals surface area contributed by atoms with Crippen LogP contribution in [0.3, 0.4) is 0 Å². The number of hydrogen-bond acceptors (Lipinski definition) is 5. The number of para-hydroxylation sites is 1. The number of rotatable bonds is 4. The van der Waals surface area contributed by atoms with E-state index in [2.05, 4.69) is 10.1 Å². The van der Waals surface area contributed by atoms with Crippen LogP contribution in [-0.4, -0.2) is 39.1 Å². The third-order valence-electron chi connectivity index (χ3n) is 5.76. The zero-order valence-electron chi connectivity index (χ0n) is 17.5. The Labute approximate surface area is 191 Å². The van der Waals surface area contributed by atoms with Crippen molar-refractivity contribution in [1.29, 1.82) is 0 Å². The molecular weight excluding hydrogens is 453 g/mol. The molecule has 33 heavy (non-hydrogen) atoms. The van der Waals surface area contributed by atoms with Gasteiger partial charge >= 0.3 is 6.18 Å². The highest BCUT2D eigenvalue weighted by atomic mass is 32.1. The molecule has 4 aromatic rings. The number of nitrogens with zero attached hydrogens (tertiary/aromatic N) is 4. The Morgan fingerprint density at radius 1 is 1.21 bits per heavy atom. The summed E-state index contributed by atoms with van der Waals surface area (Å²) in [6, 6.07) is 11.4. The Hall–Kier alpha value is -3.40.